The quantitative estimate of drug-likeness (QED) is 0.394. The zero-order valence-corrected chi connectivity index (χ0v) is 18.4. The Kier molecular flexibility index (Phi) is 6.03. The lowest BCUT2D eigenvalue weighted by Gasteiger charge is -2.25. The van der Waals surface area contributed by atoms with E-state index in [0.717, 1.165) is 33.7 Å². The first kappa shape index (κ1) is 21.0. The van der Waals surface area contributed by atoms with Gasteiger partial charge in [0.2, 0.25) is 0 Å². The average molecular weight is 416 g/mol. The van der Waals surface area contributed by atoms with Crippen molar-refractivity contribution in [3.8, 4) is 0 Å². The SMILES string of the molecule is C/C=C\C=C(\C(=O)O)C(C)c1ccc(Cn2c(C3CCC3)nc3c(C)ccnc32)cc1. The van der Waals surface area contributed by atoms with Crippen molar-refractivity contribution in [2.24, 2.45) is 0 Å². The molecule has 31 heavy (non-hydrogen) atoms. The van der Waals surface area contributed by atoms with Crippen molar-refractivity contribution in [2.45, 2.75) is 58.4 Å². The maximum atomic E-state index is 11.7. The molecule has 1 aromatic carbocycles. The number of rotatable bonds is 7. The van der Waals surface area contributed by atoms with Gasteiger partial charge in [0, 0.05) is 23.6 Å². The number of imidazole rings is 1. The molecule has 5 nitrogen and oxygen atoms in total. The van der Waals surface area contributed by atoms with Crippen LogP contribution in [0, 0.1) is 6.92 Å². The average Bonchev–Trinajstić information content (AvgIpc) is 3.06. The minimum absolute atomic E-state index is 0.188. The maximum Gasteiger partial charge on any atom is 0.332 e. The predicted octanol–water partition coefficient (Wildman–Crippen LogP) is 5.75. The number of aliphatic carboxylic acids is 1. The molecule has 4 rings (SSSR count). The number of fused-ring (bicyclic) bond motifs is 1. The summed E-state index contributed by atoms with van der Waals surface area (Å²) in [5.41, 5.74) is 5.64. The second-order valence-electron chi connectivity index (χ2n) is 8.40. The van der Waals surface area contributed by atoms with E-state index in [1.54, 1.807) is 12.2 Å². The second-order valence-corrected chi connectivity index (χ2v) is 8.40. The fourth-order valence-electron chi connectivity index (χ4n) is 4.16. The Morgan fingerprint density at radius 3 is 2.61 bits per heavy atom. The molecule has 2 heterocycles. The number of carbonyl (C=O) groups is 1. The zero-order chi connectivity index (χ0) is 22.0. The largest absolute Gasteiger partial charge is 0.478 e. The number of hydrogen-bond acceptors (Lipinski definition) is 3. The van der Waals surface area contributed by atoms with Gasteiger partial charge in [-0.2, -0.15) is 0 Å². The van der Waals surface area contributed by atoms with Crippen molar-refractivity contribution in [2.75, 3.05) is 0 Å². The van der Waals surface area contributed by atoms with Crippen LogP contribution in [0.5, 0.6) is 0 Å². The molecule has 2 aromatic heterocycles. The highest BCUT2D eigenvalue weighted by molar-refractivity contribution is 5.88. The molecule has 0 radical (unpaired) electrons. The number of nitrogens with zero attached hydrogens (tertiary/aromatic N) is 3. The third-order valence-electron chi connectivity index (χ3n) is 6.34. The Balaban J connectivity index is 1.63. The van der Waals surface area contributed by atoms with Gasteiger partial charge in [0.25, 0.3) is 0 Å². The van der Waals surface area contributed by atoms with Crippen LogP contribution in [-0.4, -0.2) is 25.6 Å². The topological polar surface area (TPSA) is 68.0 Å². The van der Waals surface area contributed by atoms with Crippen LogP contribution < -0.4 is 0 Å². The summed E-state index contributed by atoms with van der Waals surface area (Å²) in [7, 11) is 0. The van der Waals surface area contributed by atoms with Crippen molar-refractivity contribution in [3.05, 3.63) is 82.8 Å². The molecule has 0 spiro atoms. The van der Waals surface area contributed by atoms with Gasteiger partial charge in [-0.3, -0.25) is 0 Å². The fourth-order valence-corrected chi connectivity index (χ4v) is 4.16. The first-order chi connectivity index (χ1) is 15.0. The highest BCUT2D eigenvalue weighted by Gasteiger charge is 2.27. The summed E-state index contributed by atoms with van der Waals surface area (Å²) in [5, 5.41) is 9.57. The third-order valence-corrected chi connectivity index (χ3v) is 6.34. The molecule has 1 atom stereocenters. The Hall–Kier alpha value is -3.21. The minimum atomic E-state index is -0.883. The van der Waals surface area contributed by atoms with Crippen molar-refractivity contribution in [1.82, 2.24) is 14.5 Å². The summed E-state index contributed by atoms with van der Waals surface area (Å²) < 4.78 is 2.26. The van der Waals surface area contributed by atoms with Crippen molar-refractivity contribution >= 4 is 17.1 Å². The summed E-state index contributed by atoms with van der Waals surface area (Å²) in [6.45, 7) is 6.61. The van der Waals surface area contributed by atoms with E-state index in [1.165, 1.54) is 19.3 Å². The molecule has 1 unspecified atom stereocenters. The molecule has 1 saturated carbocycles. The molecule has 5 heteroatoms. The third kappa shape index (κ3) is 4.18. The first-order valence-electron chi connectivity index (χ1n) is 11.0. The Morgan fingerprint density at radius 1 is 1.26 bits per heavy atom. The van der Waals surface area contributed by atoms with Gasteiger partial charge in [0.1, 0.15) is 11.3 Å². The van der Waals surface area contributed by atoms with Crippen LogP contribution in [0.25, 0.3) is 11.2 Å². The van der Waals surface area contributed by atoms with Crippen LogP contribution in [0.15, 0.2) is 60.3 Å². The standard InChI is InChI=1S/C26H29N3O2/c1-4-5-9-22(26(30)31)18(3)20-12-10-19(11-13-20)16-29-24(21-7-6-8-21)28-23-17(2)14-15-27-25(23)29/h4-5,9-15,18,21H,6-8,16H2,1-3H3,(H,30,31)/b5-4-,22-9+. The van der Waals surface area contributed by atoms with E-state index in [-0.39, 0.29) is 5.92 Å². The van der Waals surface area contributed by atoms with Gasteiger partial charge in [-0.15, -0.1) is 0 Å². The van der Waals surface area contributed by atoms with Crippen LogP contribution in [0.2, 0.25) is 0 Å². The summed E-state index contributed by atoms with van der Waals surface area (Å²) in [4.78, 5) is 21.3. The van der Waals surface area contributed by atoms with Gasteiger partial charge in [-0.25, -0.2) is 14.8 Å². The second kappa shape index (κ2) is 8.88. The minimum Gasteiger partial charge on any atom is -0.478 e. The number of hydrogen-bond donors (Lipinski definition) is 1. The molecule has 0 bridgehead atoms. The molecular formula is C26H29N3O2. The summed E-state index contributed by atoms with van der Waals surface area (Å²) in [6, 6.07) is 10.3. The van der Waals surface area contributed by atoms with Gasteiger partial charge < -0.3 is 9.67 Å². The normalized spacial score (nSPS) is 16.0. The van der Waals surface area contributed by atoms with Gasteiger partial charge in [0.15, 0.2) is 5.65 Å². The van der Waals surface area contributed by atoms with E-state index in [4.69, 9.17) is 4.98 Å². The predicted molar refractivity (Wildman–Crippen MR) is 123 cm³/mol. The summed E-state index contributed by atoms with van der Waals surface area (Å²) in [6.07, 6.45) is 10.8. The molecule has 1 fully saturated rings. The van der Waals surface area contributed by atoms with Gasteiger partial charge in [0.05, 0.1) is 6.54 Å². The van der Waals surface area contributed by atoms with E-state index in [2.05, 4.69) is 28.6 Å². The summed E-state index contributed by atoms with van der Waals surface area (Å²) >= 11 is 0. The first-order valence-corrected chi connectivity index (χ1v) is 11.0. The van der Waals surface area contributed by atoms with E-state index in [0.29, 0.717) is 18.0 Å². The number of carboxylic acid groups (broad SMARTS) is 1. The van der Waals surface area contributed by atoms with E-state index >= 15 is 0 Å². The lowest BCUT2D eigenvalue weighted by Crippen LogP contribution is -2.16. The Bertz CT molecular complexity index is 1150. The van der Waals surface area contributed by atoms with Crippen LogP contribution in [-0.2, 0) is 11.3 Å². The monoisotopic (exact) mass is 415 g/mol. The Morgan fingerprint density at radius 2 is 2.00 bits per heavy atom. The number of aromatic nitrogens is 3. The number of pyridine rings is 1. The van der Waals surface area contributed by atoms with Crippen molar-refractivity contribution in [3.63, 3.8) is 0 Å². The van der Waals surface area contributed by atoms with E-state index in [9.17, 15) is 9.90 Å². The number of benzene rings is 1. The van der Waals surface area contributed by atoms with Crippen molar-refractivity contribution < 1.29 is 9.90 Å². The van der Waals surface area contributed by atoms with Crippen LogP contribution in [0.3, 0.4) is 0 Å². The Labute approximate surface area is 183 Å². The molecule has 0 aliphatic heterocycles. The summed E-state index contributed by atoms with van der Waals surface area (Å²) in [5.74, 6) is 0.587. The molecule has 1 aliphatic carbocycles. The smallest absolute Gasteiger partial charge is 0.332 e. The lowest BCUT2D eigenvalue weighted by atomic mass is 9.85. The number of carboxylic acids is 1. The number of allylic oxidation sites excluding steroid dienone is 3. The van der Waals surface area contributed by atoms with Gasteiger partial charge in [-0.05, 0) is 49.4 Å². The van der Waals surface area contributed by atoms with Crippen LogP contribution in [0.1, 0.15) is 67.5 Å². The van der Waals surface area contributed by atoms with Crippen LogP contribution >= 0.6 is 0 Å². The molecule has 0 amide bonds. The van der Waals surface area contributed by atoms with E-state index in [1.807, 2.05) is 44.3 Å². The molecule has 1 aliphatic rings. The molecular weight excluding hydrogens is 386 g/mol. The van der Waals surface area contributed by atoms with Crippen molar-refractivity contribution in [1.29, 1.82) is 0 Å². The highest BCUT2D eigenvalue weighted by Crippen LogP contribution is 2.37. The molecule has 0 saturated heterocycles. The maximum absolute atomic E-state index is 11.7. The van der Waals surface area contributed by atoms with E-state index < -0.39 is 5.97 Å². The molecule has 1 N–H and O–H groups in total. The van der Waals surface area contributed by atoms with Gasteiger partial charge in [-0.1, -0.05) is 55.8 Å². The van der Waals surface area contributed by atoms with Crippen LogP contribution in [0.4, 0.5) is 0 Å². The lowest BCUT2D eigenvalue weighted by molar-refractivity contribution is -0.132. The fraction of sp³-hybridized carbons (Fsp3) is 0.346. The zero-order valence-electron chi connectivity index (χ0n) is 18.4. The molecule has 3 aromatic rings. The number of aryl methyl sites for hydroxylation is 1. The highest BCUT2D eigenvalue weighted by atomic mass is 16.4. The molecule has 160 valence electrons. The van der Waals surface area contributed by atoms with Gasteiger partial charge >= 0.3 is 5.97 Å².